The summed E-state index contributed by atoms with van der Waals surface area (Å²) in [5.41, 5.74) is 1.15. The lowest BCUT2D eigenvalue weighted by molar-refractivity contribution is -0.193. The number of fused-ring (bicyclic) bond motifs is 1. The Morgan fingerprint density at radius 3 is 2.45 bits per heavy atom. The molecule has 7 heteroatoms. The Morgan fingerprint density at radius 1 is 1.05 bits per heavy atom. The predicted molar refractivity (Wildman–Crippen MR) is 153 cm³/mol. The molecule has 0 amide bonds. The Balaban J connectivity index is 1.44. The number of hydrogen-bond acceptors (Lipinski definition) is 6. The van der Waals surface area contributed by atoms with Crippen LogP contribution in [0.3, 0.4) is 0 Å². The van der Waals surface area contributed by atoms with Crippen molar-refractivity contribution in [3.8, 4) is 0 Å². The van der Waals surface area contributed by atoms with E-state index in [9.17, 15) is 5.11 Å². The molecule has 0 aromatic rings. The summed E-state index contributed by atoms with van der Waals surface area (Å²) >= 11 is 0. The Labute approximate surface area is 232 Å². The minimum absolute atomic E-state index is 0.0693. The monoisotopic (exact) mass is 550 g/mol. The van der Waals surface area contributed by atoms with E-state index in [1.807, 2.05) is 0 Å². The van der Waals surface area contributed by atoms with Crippen molar-refractivity contribution in [3.05, 3.63) is 23.8 Å². The van der Waals surface area contributed by atoms with Crippen LogP contribution in [-0.4, -0.2) is 64.1 Å². The van der Waals surface area contributed by atoms with Crippen molar-refractivity contribution in [3.63, 3.8) is 0 Å². The lowest BCUT2D eigenvalue weighted by atomic mass is 9.88. The molecule has 2 aliphatic carbocycles. The van der Waals surface area contributed by atoms with Crippen LogP contribution in [0.5, 0.6) is 0 Å². The Kier molecular flexibility index (Phi) is 11.9. The molecule has 38 heavy (non-hydrogen) atoms. The van der Waals surface area contributed by atoms with E-state index in [-0.39, 0.29) is 30.7 Å². The number of unbranched alkanes of at least 4 members (excludes halogenated alkanes) is 2. The standard InChI is InChI=1S/C31H54O6Si/c1-5-6-7-12-25(36-30-13-8-10-17-33-30)15-16-26-27-20-24(28(32)22-35-38(2,3)4)19-23(27)21-29(26)37-31-14-9-11-18-34-31/h15-16,19,23,25-32H,5-14,17-18,20-22H2,1-4H3/b16-15+/t23-,25-,26+,27-,28?,29+,30?,31?/m0/s1. The van der Waals surface area contributed by atoms with Gasteiger partial charge < -0.3 is 28.5 Å². The highest BCUT2D eigenvalue weighted by Gasteiger charge is 2.46. The van der Waals surface area contributed by atoms with Gasteiger partial charge in [-0.1, -0.05) is 44.4 Å². The molecule has 0 aromatic heterocycles. The molecule has 0 spiro atoms. The van der Waals surface area contributed by atoms with E-state index in [0.717, 1.165) is 63.7 Å². The molecule has 6 nitrogen and oxygen atoms in total. The summed E-state index contributed by atoms with van der Waals surface area (Å²) in [5, 5.41) is 10.9. The van der Waals surface area contributed by atoms with Gasteiger partial charge >= 0.3 is 0 Å². The maximum atomic E-state index is 10.9. The minimum atomic E-state index is -1.66. The Bertz CT molecular complexity index is 752. The van der Waals surface area contributed by atoms with Gasteiger partial charge in [0.05, 0.1) is 24.9 Å². The first-order chi connectivity index (χ1) is 18.3. The van der Waals surface area contributed by atoms with Crippen LogP contribution in [0.4, 0.5) is 0 Å². The van der Waals surface area contributed by atoms with Gasteiger partial charge in [0.25, 0.3) is 0 Å². The van der Waals surface area contributed by atoms with Gasteiger partial charge in [0.2, 0.25) is 0 Å². The fourth-order valence-electron chi connectivity index (χ4n) is 6.44. The number of rotatable bonds is 14. The first-order valence-electron chi connectivity index (χ1n) is 15.6. The molecule has 8 atom stereocenters. The van der Waals surface area contributed by atoms with E-state index in [2.05, 4.69) is 44.8 Å². The lowest BCUT2D eigenvalue weighted by Crippen LogP contribution is -2.32. The molecular formula is C31H54O6Si. The number of ether oxygens (including phenoxy) is 4. The van der Waals surface area contributed by atoms with Gasteiger partial charge in [-0.2, -0.15) is 0 Å². The quantitative estimate of drug-likeness (QED) is 0.147. The van der Waals surface area contributed by atoms with Crippen molar-refractivity contribution in [2.75, 3.05) is 19.8 Å². The zero-order chi connectivity index (χ0) is 27.0. The maximum Gasteiger partial charge on any atom is 0.183 e. The molecule has 0 aromatic carbocycles. The van der Waals surface area contributed by atoms with Gasteiger partial charge in [-0.3, -0.25) is 0 Å². The third-order valence-electron chi connectivity index (χ3n) is 8.55. The molecule has 3 fully saturated rings. The molecule has 218 valence electrons. The summed E-state index contributed by atoms with van der Waals surface area (Å²) < 4.78 is 31.0. The number of aliphatic hydroxyl groups is 1. The van der Waals surface area contributed by atoms with Gasteiger partial charge in [-0.05, 0) is 94.8 Å². The smallest absolute Gasteiger partial charge is 0.183 e. The van der Waals surface area contributed by atoms with Crippen LogP contribution in [-0.2, 0) is 23.4 Å². The topological polar surface area (TPSA) is 66.4 Å². The highest BCUT2D eigenvalue weighted by atomic mass is 28.4. The van der Waals surface area contributed by atoms with Crippen molar-refractivity contribution in [2.24, 2.45) is 17.8 Å². The predicted octanol–water partition coefficient (Wildman–Crippen LogP) is 6.74. The lowest BCUT2D eigenvalue weighted by Gasteiger charge is -2.30. The van der Waals surface area contributed by atoms with Crippen LogP contribution in [0, 0.1) is 17.8 Å². The summed E-state index contributed by atoms with van der Waals surface area (Å²) in [6.45, 7) is 10.8. The first-order valence-corrected chi connectivity index (χ1v) is 19.0. The minimum Gasteiger partial charge on any atom is -0.415 e. The fourth-order valence-corrected chi connectivity index (χ4v) is 7.09. The molecule has 2 aliphatic heterocycles. The average molecular weight is 551 g/mol. The molecule has 4 rings (SSSR count). The van der Waals surface area contributed by atoms with Crippen LogP contribution in [0.15, 0.2) is 23.8 Å². The molecular weight excluding hydrogens is 496 g/mol. The van der Waals surface area contributed by atoms with Crippen LogP contribution < -0.4 is 0 Å². The van der Waals surface area contributed by atoms with Crippen molar-refractivity contribution in [1.82, 2.24) is 0 Å². The third-order valence-corrected chi connectivity index (χ3v) is 9.58. The SMILES string of the molecule is CCCCC[C@@H](/C=C/[C@@H]1[C@H]2CC(C(O)CO[Si](C)(C)C)=C[C@H]2C[C@H]1OC1CCCCO1)OC1CCCCO1. The van der Waals surface area contributed by atoms with Gasteiger partial charge in [-0.25, -0.2) is 0 Å². The van der Waals surface area contributed by atoms with Crippen LogP contribution in [0.1, 0.15) is 84.0 Å². The summed E-state index contributed by atoms with van der Waals surface area (Å²) in [7, 11) is -1.66. The second-order valence-electron chi connectivity index (χ2n) is 12.8. The van der Waals surface area contributed by atoms with E-state index in [1.54, 1.807) is 0 Å². The highest BCUT2D eigenvalue weighted by Crippen LogP contribution is 2.49. The summed E-state index contributed by atoms with van der Waals surface area (Å²) in [4.78, 5) is 0. The number of hydrogen-bond donors (Lipinski definition) is 1. The molecule has 1 N–H and O–H groups in total. The van der Waals surface area contributed by atoms with E-state index < -0.39 is 14.4 Å². The second kappa shape index (κ2) is 14.9. The van der Waals surface area contributed by atoms with Crippen LogP contribution in [0.25, 0.3) is 0 Å². The second-order valence-corrected chi connectivity index (χ2v) is 17.4. The van der Waals surface area contributed by atoms with Gasteiger partial charge in [0, 0.05) is 19.1 Å². The van der Waals surface area contributed by atoms with Crippen LogP contribution >= 0.6 is 0 Å². The van der Waals surface area contributed by atoms with Crippen molar-refractivity contribution in [2.45, 2.75) is 135 Å². The molecule has 2 saturated heterocycles. The highest BCUT2D eigenvalue weighted by molar-refractivity contribution is 6.69. The Morgan fingerprint density at radius 2 is 1.79 bits per heavy atom. The molecule has 0 radical (unpaired) electrons. The normalized spacial score (nSPS) is 33.9. The first kappa shape index (κ1) is 30.4. The average Bonchev–Trinajstić information content (AvgIpc) is 3.45. The van der Waals surface area contributed by atoms with Crippen molar-refractivity contribution in [1.29, 1.82) is 0 Å². The van der Waals surface area contributed by atoms with E-state index in [1.165, 1.54) is 32.1 Å². The maximum absolute atomic E-state index is 10.9. The van der Waals surface area contributed by atoms with Gasteiger partial charge in [0.1, 0.15) is 0 Å². The van der Waals surface area contributed by atoms with Gasteiger partial charge in [0.15, 0.2) is 20.9 Å². The number of aliphatic hydroxyl groups excluding tert-OH is 1. The zero-order valence-corrected chi connectivity index (χ0v) is 25.4. The summed E-state index contributed by atoms with van der Waals surface area (Å²) in [5.74, 6) is 1.16. The Hall–Kier alpha value is -0.543. The zero-order valence-electron chi connectivity index (χ0n) is 24.4. The molecule has 4 aliphatic rings. The number of allylic oxidation sites excluding steroid dienone is 1. The van der Waals surface area contributed by atoms with Crippen molar-refractivity contribution < 1.29 is 28.5 Å². The largest absolute Gasteiger partial charge is 0.415 e. The summed E-state index contributed by atoms with van der Waals surface area (Å²) in [6.07, 6.45) is 19.7. The van der Waals surface area contributed by atoms with E-state index >= 15 is 0 Å². The fraction of sp³-hybridized carbons (Fsp3) is 0.871. The molecule has 2 heterocycles. The van der Waals surface area contributed by atoms with Crippen LogP contribution in [0.2, 0.25) is 19.6 Å². The molecule has 1 saturated carbocycles. The van der Waals surface area contributed by atoms with Crippen molar-refractivity contribution >= 4 is 8.32 Å². The third kappa shape index (κ3) is 9.25. The van der Waals surface area contributed by atoms with E-state index in [0.29, 0.717) is 18.4 Å². The molecule has 0 bridgehead atoms. The molecule has 3 unspecified atom stereocenters. The summed E-state index contributed by atoms with van der Waals surface area (Å²) in [6, 6.07) is 0. The van der Waals surface area contributed by atoms with Gasteiger partial charge in [-0.15, -0.1) is 0 Å². The van der Waals surface area contributed by atoms with E-state index in [4.69, 9.17) is 23.4 Å².